The van der Waals surface area contributed by atoms with Gasteiger partial charge in [0.2, 0.25) is 5.91 Å². The number of nitrogens with zero attached hydrogens (tertiary/aromatic N) is 1. The summed E-state index contributed by atoms with van der Waals surface area (Å²) < 4.78 is 14.5. The van der Waals surface area contributed by atoms with E-state index < -0.39 is 17.8 Å². The lowest BCUT2D eigenvalue weighted by Crippen LogP contribution is -2.46. The zero-order valence-electron chi connectivity index (χ0n) is 11.4. The zero-order chi connectivity index (χ0) is 15.0. The molecular formula is C15H16BrFN2O2. The van der Waals surface area contributed by atoms with Gasteiger partial charge in [-0.25, -0.2) is 4.39 Å². The summed E-state index contributed by atoms with van der Waals surface area (Å²) in [6.07, 6.45) is 3.42. The average Bonchev–Trinajstić information content (AvgIpc) is 3.13. The fourth-order valence-electron chi connectivity index (χ4n) is 2.62. The maximum absolute atomic E-state index is 13.9. The van der Waals surface area contributed by atoms with E-state index in [1.807, 2.05) is 0 Å². The van der Waals surface area contributed by atoms with Gasteiger partial charge in [0.15, 0.2) is 0 Å². The number of amides is 2. The van der Waals surface area contributed by atoms with Crippen LogP contribution in [0.25, 0.3) is 0 Å². The molecule has 1 aliphatic heterocycles. The third kappa shape index (κ3) is 3.10. The Labute approximate surface area is 130 Å². The fraction of sp³-hybridized carbons (Fsp3) is 0.467. The third-order valence-electron chi connectivity index (χ3n) is 3.90. The highest BCUT2D eigenvalue weighted by atomic mass is 79.9. The van der Waals surface area contributed by atoms with Crippen LogP contribution in [0.15, 0.2) is 22.7 Å². The van der Waals surface area contributed by atoms with E-state index in [1.54, 1.807) is 6.07 Å². The van der Waals surface area contributed by atoms with Gasteiger partial charge in [0, 0.05) is 17.1 Å². The Morgan fingerprint density at radius 1 is 1.29 bits per heavy atom. The number of halogens is 2. The molecule has 2 fully saturated rings. The number of hydrogen-bond donors (Lipinski definition) is 1. The van der Waals surface area contributed by atoms with E-state index in [2.05, 4.69) is 21.2 Å². The molecular weight excluding hydrogens is 339 g/mol. The van der Waals surface area contributed by atoms with E-state index in [0.717, 1.165) is 19.3 Å². The normalized spacial score (nSPS) is 21.4. The van der Waals surface area contributed by atoms with E-state index in [4.69, 9.17) is 0 Å². The number of nitrogens with one attached hydrogen (secondary N) is 1. The quantitative estimate of drug-likeness (QED) is 0.906. The summed E-state index contributed by atoms with van der Waals surface area (Å²) in [6.45, 7) is 0.494. The van der Waals surface area contributed by atoms with Gasteiger partial charge in [-0.05, 0) is 43.9 Å². The summed E-state index contributed by atoms with van der Waals surface area (Å²) in [7, 11) is 0. The van der Waals surface area contributed by atoms with Crippen molar-refractivity contribution in [1.82, 2.24) is 10.2 Å². The Morgan fingerprint density at radius 2 is 2.05 bits per heavy atom. The van der Waals surface area contributed by atoms with Crippen LogP contribution < -0.4 is 5.32 Å². The standard InChI is InChI=1S/C15H16BrFN2O2/c16-9-3-6-12(17)11(8-9)15(21)19-7-1-2-13(19)14(20)18-10-4-5-10/h3,6,8,10,13H,1-2,4-5,7H2,(H,18,20). The first-order valence-electron chi connectivity index (χ1n) is 7.12. The molecule has 2 aliphatic rings. The van der Waals surface area contributed by atoms with Crippen molar-refractivity contribution in [3.05, 3.63) is 34.1 Å². The molecule has 0 bridgehead atoms. The summed E-state index contributed by atoms with van der Waals surface area (Å²) in [5, 5.41) is 2.92. The van der Waals surface area contributed by atoms with Crippen LogP contribution in [0.4, 0.5) is 4.39 Å². The topological polar surface area (TPSA) is 49.4 Å². The predicted molar refractivity (Wildman–Crippen MR) is 79.3 cm³/mol. The van der Waals surface area contributed by atoms with E-state index in [-0.39, 0.29) is 17.5 Å². The van der Waals surface area contributed by atoms with Gasteiger partial charge >= 0.3 is 0 Å². The minimum atomic E-state index is -0.559. The molecule has 21 heavy (non-hydrogen) atoms. The molecule has 112 valence electrons. The van der Waals surface area contributed by atoms with Crippen LogP contribution in [0, 0.1) is 5.82 Å². The molecule has 3 rings (SSSR count). The fourth-order valence-corrected chi connectivity index (χ4v) is 2.98. The maximum atomic E-state index is 13.9. The summed E-state index contributed by atoms with van der Waals surface area (Å²) in [5.74, 6) is -1.09. The van der Waals surface area contributed by atoms with E-state index in [9.17, 15) is 14.0 Å². The largest absolute Gasteiger partial charge is 0.352 e. The molecule has 0 aromatic heterocycles. The molecule has 1 atom stereocenters. The minimum Gasteiger partial charge on any atom is -0.352 e. The van der Waals surface area contributed by atoms with Crippen LogP contribution in [0.3, 0.4) is 0 Å². The third-order valence-corrected chi connectivity index (χ3v) is 4.39. The number of hydrogen-bond acceptors (Lipinski definition) is 2. The van der Waals surface area contributed by atoms with Crippen molar-refractivity contribution in [1.29, 1.82) is 0 Å². The first kappa shape index (κ1) is 14.5. The molecule has 1 saturated carbocycles. The zero-order valence-corrected chi connectivity index (χ0v) is 13.0. The number of carbonyl (C=O) groups is 2. The number of benzene rings is 1. The van der Waals surface area contributed by atoms with E-state index in [0.29, 0.717) is 17.4 Å². The molecule has 1 saturated heterocycles. The Balaban J connectivity index is 1.78. The molecule has 1 aromatic rings. The summed E-state index contributed by atoms with van der Waals surface area (Å²) in [4.78, 5) is 26.2. The molecule has 0 radical (unpaired) electrons. The molecule has 4 nitrogen and oxygen atoms in total. The highest BCUT2D eigenvalue weighted by Gasteiger charge is 2.37. The monoisotopic (exact) mass is 354 g/mol. The highest BCUT2D eigenvalue weighted by molar-refractivity contribution is 9.10. The van der Waals surface area contributed by atoms with E-state index in [1.165, 1.54) is 17.0 Å². The van der Waals surface area contributed by atoms with Crippen molar-refractivity contribution in [2.24, 2.45) is 0 Å². The van der Waals surface area contributed by atoms with Gasteiger partial charge in [-0.2, -0.15) is 0 Å². The Morgan fingerprint density at radius 3 is 2.76 bits per heavy atom. The molecule has 2 amide bonds. The SMILES string of the molecule is O=C(NC1CC1)C1CCCN1C(=O)c1cc(Br)ccc1F. The van der Waals surface area contributed by atoms with Crippen LogP contribution in [0.1, 0.15) is 36.0 Å². The van der Waals surface area contributed by atoms with Gasteiger partial charge in [0.05, 0.1) is 5.56 Å². The second-order valence-corrected chi connectivity index (χ2v) is 6.48. The summed E-state index contributed by atoms with van der Waals surface area (Å²) >= 11 is 3.24. The maximum Gasteiger partial charge on any atom is 0.257 e. The summed E-state index contributed by atoms with van der Waals surface area (Å²) in [6, 6.07) is 4.06. The lowest BCUT2D eigenvalue weighted by Gasteiger charge is -2.24. The minimum absolute atomic E-state index is 0.00972. The molecule has 6 heteroatoms. The highest BCUT2D eigenvalue weighted by Crippen LogP contribution is 2.25. The van der Waals surface area contributed by atoms with E-state index >= 15 is 0 Å². The molecule has 1 N–H and O–H groups in total. The van der Waals surface area contributed by atoms with Crippen molar-refractivity contribution in [2.75, 3.05) is 6.54 Å². The molecule has 1 unspecified atom stereocenters. The molecule has 1 heterocycles. The van der Waals surface area contributed by atoms with Gasteiger partial charge in [-0.3, -0.25) is 9.59 Å². The van der Waals surface area contributed by atoms with Gasteiger partial charge in [-0.1, -0.05) is 15.9 Å². The second kappa shape index (κ2) is 5.75. The van der Waals surface area contributed by atoms with Crippen molar-refractivity contribution in [3.63, 3.8) is 0 Å². The van der Waals surface area contributed by atoms with Crippen molar-refractivity contribution in [2.45, 2.75) is 37.8 Å². The summed E-state index contributed by atoms with van der Waals surface area (Å²) in [5.41, 5.74) is 0.00972. The van der Waals surface area contributed by atoms with Crippen molar-refractivity contribution in [3.8, 4) is 0 Å². The van der Waals surface area contributed by atoms with Crippen molar-refractivity contribution < 1.29 is 14.0 Å². The van der Waals surface area contributed by atoms with Crippen LogP contribution in [-0.2, 0) is 4.79 Å². The van der Waals surface area contributed by atoms with Gasteiger partial charge < -0.3 is 10.2 Å². The van der Waals surface area contributed by atoms with Gasteiger partial charge in [0.25, 0.3) is 5.91 Å². The number of carbonyl (C=O) groups excluding carboxylic acids is 2. The second-order valence-electron chi connectivity index (χ2n) is 5.56. The Kier molecular flexibility index (Phi) is 3.97. The van der Waals surface area contributed by atoms with Crippen molar-refractivity contribution >= 4 is 27.7 Å². The molecule has 0 spiro atoms. The number of rotatable bonds is 3. The Bertz CT molecular complexity index is 589. The molecule has 1 aromatic carbocycles. The predicted octanol–water partition coefficient (Wildman–Crippen LogP) is 2.47. The van der Waals surface area contributed by atoms with Crippen LogP contribution in [0.5, 0.6) is 0 Å². The first-order valence-corrected chi connectivity index (χ1v) is 7.92. The Hall–Kier alpha value is -1.43. The lowest BCUT2D eigenvalue weighted by atomic mass is 10.1. The smallest absolute Gasteiger partial charge is 0.257 e. The first-order chi connectivity index (χ1) is 10.1. The van der Waals surface area contributed by atoms with Crippen LogP contribution >= 0.6 is 15.9 Å². The number of likely N-dealkylation sites (tertiary alicyclic amines) is 1. The lowest BCUT2D eigenvalue weighted by molar-refractivity contribution is -0.125. The molecule has 1 aliphatic carbocycles. The van der Waals surface area contributed by atoms with Crippen LogP contribution in [0.2, 0.25) is 0 Å². The average molecular weight is 355 g/mol. The van der Waals surface area contributed by atoms with Gasteiger partial charge in [0.1, 0.15) is 11.9 Å². The van der Waals surface area contributed by atoms with Crippen LogP contribution in [-0.4, -0.2) is 35.3 Å². The van der Waals surface area contributed by atoms with Gasteiger partial charge in [-0.15, -0.1) is 0 Å².